The van der Waals surface area contributed by atoms with E-state index in [1.165, 1.54) is 12.3 Å². The molecule has 1 aromatic heterocycles. The lowest BCUT2D eigenvalue weighted by Gasteiger charge is -2.25. The second-order valence-electron chi connectivity index (χ2n) is 5.00. The molecule has 0 aliphatic rings. The number of aromatic nitrogens is 1. The normalized spacial score (nSPS) is 13.5. The molecule has 0 radical (unpaired) electrons. The van der Waals surface area contributed by atoms with Gasteiger partial charge in [-0.1, -0.05) is 25.9 Å². The van der Waals surface area contributed by atoms with E-state index in [2.05, 4.69) is 35.8 Å². The van der Waals surface area contributed by atoms with Gasteiger partial charge in [0.15, 0.2) is 5.69 Å². The number of carbonyl (C=O) groups excluding carboxylic acids is 1. The lowest BCUT2D eigenvalue weighted by atomic mass is 9.88. The maximum Gasteiger partial charge on any atom is 0.273 e. The van der Waals surface area contributed by atoms with Gasteiger partial charge in [-0.25, -0.2) is 0 Å². The molecule has 1 amide bonds. The summed E-state index contributed by atoms with van der Waals surface area (Å²) in [5.41, 5.74) is 0.275. The molecule has 1 aromatic rings. The summed E-state index contributed by atoms with van der Waals surface area (Å²) in [6.07, 6.45) is 2.04. The standard InChI is InChI=1S/C11H18N2O3/c1-11(2,3)6-8(7-14)12-10(15)9-4-5-16-13-9/h4-5,8,14H,6-7H2,1-3H3,(H,12,15)/t8-/m0/s1. The molecule has 0 unspecified atom stereocenters. The molecule has 0 fully saturated rings. The van der Waals surface area contributed by atoms with Crippen molar-refractivity contribution in [2.45, 2.75) is 33.2 Å². The number of rotatable bonds is 4. The smallest absolute Gasteiger partial charge is 0.273 e. The van der Waals surface area contributed by atoms with E-state index in [9.17, 15) is 9.90 Å². The van der Waals surface area contributed by atoms with E-state index in [-0.39, 0.29) is 29.7 Å². The van der Waals surface area contributed by atoms with Crippen LogP contribution in [0.1, 0.15) is 37.7 Å². The summed E-state index contributed by atoms with van der Waals surface area (Å²) in [6, 6.07) is 1.23. The van der Waals surface area contributed by atoms with Crippen molar-refractivity contribution < 1.29 is 14.4 Å². The van der Waals surface area contributed by atoms with Crippen molar-refractivity contribution >= 4 is 5.91 Å². The molecule has 1 rings (SSSR count). The maximum absolute atomic E-state index is 11.6. The lowest BCUT2D eigenvalue weighted by molar-refractivity contribution is 0.0888. The molecule has 16 heavy (non-hydrogen) atoms. The van der Waals surface area contributed by atoms with Crippen LogP contribution in [0.5, 0.6) is 0 Å². The average Bonchev–Trinajstić information content (AvgIpc) is 2.67. The first kappa shape index (κ1) is 12.7. The summed E-state index contributed by atoms with van der Waals surface area (Å²) in [5, 5.41) is 15.4. The molecule has 1 heterocycles. The number of hydrogen-bond donors (Lipinski definition) is 2. The number of carbonyl (C=O) groups is 1. The van der Waals surface area contributed by atoms with Gasteiger partial charge in [-0.05, 0) is 11.8 Å². The van der Waals surface area contributed by atoms with E-state index in [1.807, 2.05) is 0 Å². The molecule has 0 aliphatic carbocycles. The first-order valence-corrected chi connectivity index (χ1v) is 5.24. The Kier molecular flexibility index (Phi) is 4.06. The number of hydrogen-bond acceptors (Lipinski definition) is 4. The zero-order chi connectivity index (χ0) is 12.2. The van der Waals surface area contributed by atoms with Gasteiger partial charge in [0.1, 0.15) is 6.26 Å². The van der Waals surface area contributed by atoms with Gasteiger partial charge >= 0.3 is 0 Å². The van der Waals surface area contributed by atoms with Crippen molar-refractivity contribution in [2.75, 3.05) is 6.61 Å². The van der Waals surface area contributed by atoms with Crippen molar-refractivity contribution in [1.29, 1.82) is 0 Å². The van der Waals surface area contributed by atoms with Crippen molar-refractivity contribution in [3.63, 3.8) is 0 Å². The fourth-order valence-corrected chi connectivity index (χ4v) is 1.49. The van der Waals surface area contributed by atoms with Crippen LogP contribution >= 0.6 is 0 Å². The summed E-state index contributed by atoms with van der Waals surface area (Å²) in [6.45, 7) is 6.08. The second-order valence-corrected chi connectivity index (χ2v) is 5.00. The van der Waals surface area contributed by atoms with Crippen LogP contribution in [0.15, 0.2) is 16.9 Å². The molecule has 0 aliphatic heterocycles. The molecule has 90 valence electrons. The number of nitrogens with one attached hydrogen (secondary N) is 1. The van der Waals surface area contributed by atoms with Gasteiger partial charge in [-0.3, -0.25) is 4.79 Å². The predicted molar refractivity (Wildman–Crippen MR) is 58.9 cm³/mol. The molecule has 0 saturated carbocycles. The first-order valence-electron chi connectivity index (χ1n) is 5.24. The van der Waals surface area contributed by atoms with Gasteiger partial charge in [0, 0.05) is 6.07 Å². The van der Waals surface area contributed by atoms with E-state index in [0.29, 0.717) is 6.42 Å². The van der Waals surface area contributed by atoms with E-state index < -0.39 is 0 Å². The van der Waals surface area contributed by atoms with Crippen LogP contribution in [0.4, 0.5) is 0 Å². The molecular weight excluding hydrogens is 208 g/mol. The number of amides is 1. The van der Waals surface area contributed by atoms with Crippen LogP contribution in [0.25, 0.3) is 0 Å². The lowest BCUT2D eigenvalue weighted by Crippen LogP contribution is -2.40. The molecule has 5 heteroatoms. The summed E-state index contributed by atoms with van der Waals surface area (Å²) < 4.78 is 4.58. The molecular formula is C11H18N2O3. The van der Waals surface area contributed by atoms with Gasteiger partial charge in [0.25, 0.3) is 5.91 Å². The molecule has 0 bridgehead atoms. The fourth-order valence-electron chi connectivity index (χ4n) is 1.49. The quantitative estimate of drug-likeness (QED) is 0.809. The topological polar surface area (TPSA) is 75.4 Å². The Morgan fingerprint density at radius 2 is 2.31 bits per heavy atom. The molecule has 0 aromatic carbocycles. The van der Waals surface area contributed by atoms with Crippen LogP contribution in [-0.4, -0.2) is 28.8 Å². The Balaban J connectivity index is 2.54. The monoisotopic (exact) mass is 226 g/mol. The summed E-state index contributed by atoms with van der Waals surface area (Å²) in [4.78, 5) is 11.6. The fraction of sp³-hybridized carbons (Fsp3) is 0.636. The van der Waals surface area contributed by atoms with E-state index in [0.717, 1.165) is 0 Å². The van der Waals surface area contributed by atoms with Crippen LogP contribution in [0.2, 0.25) is 0 Å². The van der Waals surface area contributed by atoms with Crippen molar-refractivity contribution in [3.05, 3.63) is 18.0 Å². The van der Waals surface area contributed by atoms with Crippen molar-refractivity contribution in [3.8, 4) is 0 Å². The van der Waals surface area contributed by atoms with Crippen LogP contribution in [0.3, 0.4) is 0 Å². The highest BCUT2D eigenvalue weighted by atomic mass is 16.5. The van der Waals surface area contributed by atoms with E-state index >= 15 is 0 Å². The Bertz CT molecular complexity index is 327. The maximum atomic E-state index is 11.6. The zero-order valence-electron chi connectivity index (χ0n) is 9.86. The highest BCUT2D eigenvalue weighted by Crippen LogP contribution is 2.20. The third-order valence-electron chi connectivity index (χ3n) is 2.08. The van der Waals surface area contributed by atoms with Gasteiger partial charge < -0.3 is 14.9 Å². The Morgan fingerprint density at radius 3 is 2.75 bits per heavy atom. The highest BCUT2D eigenvalue weighted by molar-refractivity contribution is 5.92. The minimum Gasteiger partial charge on any atom is -0.394 e. The number of aliphatic hydroxyl groups is 1. The van der Waals surface area contributed by atoms with Crippen LogP contribution in [0, 0.1) is 5.41 Å². The van der Waals surface area contributed by atoms with Crippen LogP contribution < -0.4 is 5.32 Å². The SMILES string of the molecule is CC(C)(C)C[C@@H](CO)NC(=O)c1ccon1. The summed E-state index contributed by atoms with van der Waals surface area (Å²) in [5.74, 6) is -0.322. The van der Waals surface area contributed by atoms with E-state index in [4.69, 9.17) is 0 Å². The molecule has 1 atom stereocenters. The first-order chi connectivity index (χ1) is 7.42. The highest BCUT2D eigenvalue weighted by Gasteiger charge is 2.21. The predicted octanol–water partition coefficient (Wildman–Crippen LogP) is 1.20. The Labute approximate surface area is 94.8 Å². The van der Waals surface area contributed by atoms with Gasteiger partial charge in [-0.15, -0.1) is 0 Å². The minimum atomic E-state index is -0.322. The number of nitrogens with zero attached hydrogens (tertiary/aromatic N) is 1. The Hall–Kier alpha value is -1.36. The van der Waals surface area contributed by atoms with Gasteiger partial charge in [0.2, 0.25) is 0 Å². The van der Waals surface area contributed by atoms with E-state index in [1.54, 1.807) is 0 Å². The Morgan fingerprint density at radius 1 is 1.62 bits per heavy atom. The van der Waals surface area contributed by atoms with Gasteiger partial charge in [0.05, 0.1) is 12.6 Å². The second kappa shape index (κ2) is 5.12. The van der Waals surface area contributed by atoms with Crippen molar-refractivity contribution in [1.82, 2.24) is 10.5 Å². The molecule has 0 saturated heterocycles. The molecule has 0 spiro atoms. The van der Waals surface area contributed by atoms with Crippen molar-refractivity contribution in [2.24, 2.45) is 5.41 Å². The molecule has 2 N–H and O–H groups in total. The largest absolute Gasteiger partial charge is 0.394 e. The van der Waals surface area contributed by atoms with Gasteiger partial charge in [-0.2, -0.15) is 0 Å². The summed E-state index contributed by atoms with van der Waals surface area (Å²) >= 11 is 0. The third-order valence-corrected chi connectivity index (χ3v) is 2.08. The minimum absolute atomic E-state index is 0.0461. The van der Waals surface area contributed by atoms with Crippen LogP contribution in [-0.2, 0) is 0 Å². The summed E-state index contributed by atoms with van der Waals surface area (Å²) in [7, 11) is 0. The zero-order valence-corrected chi connectivity index (χ0v) is 9.86. The number of aliphatic hydroxyl groups excluding tert-OH is 1. The molecule has 5 nitrogen and oxygen atoms in total. The third kappa shape index (κ3) is 4.02. The average molecular weight is 226 g/mol.